The SMILES string of the molecule is CC(O)c1cnn([C@@H]2CC[C@@H](C)N(C(=O)c3cccnc3OCC(F)F)C2)n1. The van der Waals surface area contributed by atoms with E-state index in [1.54, 1.807) is 17.9 Å². The largest absolute Gasteiger partial charge is 0.471 e. The van der Waals surface area contributed by atoms with E-state index >= 15 is 0 Å². The predicted molar refractivity (Wildman–Crippen MR) is 95.2 cm³/mol. The Kier molecular flexibility index (Phi) is 6.18. The quantitative estimate of drug-likeness (QED) is 0.806. The molecule has 2 aromatic heterocycles. The second-order valence-corrected chi connectivity index (χ2v) is 6.86. The molecular weight excluding hydrogens is 372 g/mol. The van der Waals surface area contributed by atoms with Crippen LogP contribution >= 0.6 is 0 Å². The van der Waals surface area contributed by atoms with Gasteiger partial charge in [-0.15, -0.1) is 0 Å². The fourth-order valence-corrected chi connectivity index (χ4v) is 3.18. The maximum atomic E-state index is 13.1. The summed E-state index contributed by atoms with van der Waals surface area (Å²) in [6.45, 7) is 3.07. The van der Waals surface area contributed by atoms with E-state index in [2.05, 4.69) is 15.2 Å². The molecule has 0 aromatic carbocycles. The molecule has 152 valence electrons. The molecular formula is C18H23F2N5O3. The number of hydrogen-bond acceptors (Lipinski definition) is 6. The van der Waals surface area contributed by atoms with Gasteiger partial charge in [0.15, 0.2) is 6.61 Å². The van der Waals surface area contributed by atoms with Crippen LogP contribution in [0.2, 0.25) is 0 Å². The molecule has 28 heavy (non-hydrogen) atoms. The lowest BCUT2D eigenvalue weighted by Crippen LogP contribution is -2.46. The van der Waals surface area contributed by atoms with Crippen molar-refractivity contribution in [3.05, 3.63) is 35.8 Å². The number of halogens is 2. The number of amides is 1. The van der Waals surface area contributed by atoms with Gasteiger partial charge in [0.2, 0.25) is 5.88 Å². The number of aliphatic hydroxyl groups is 1. The Balaban J connectivity index is 1.78. The molecule has 2 aromatic rings. The normalized spacial score (nSPS) is 21.0. The number of hydrogen-bond donors (Lipinski definition) is 1. The van der Waals surface area contributed by atoms with Crippen molar-refractivity contribution in [1.82, 2.24) is 24.9 Å². The Morgan fingerprint density at radius 3 is 2.89 bits per heavy atom. The molecule has 1 aliphatic heterocycles. The summed E-state index contributed by atoms with van der Waals surface area (Å²) in [4.78, 5) is 20.2. The number of alkyl halides is 2. The highest BCUT2D eigenvalue weighted by Gasteiger charge is 2.33. The van der Waals surface area contributed by atoms with E-state index in [-0.39, 0.29) is 29.4 Å². The third-order valence-electron chi connectivity index (χ3n) is 4.75. The lowest BCUT2D eigenvalue weighted by atomic mass is 9.98. The number of ether oxygens (including phenoxy) is 1. The molecule has 1 saturated heterocycles. The average molecular weight is 395 g/mol. The fraction of sp³-hybridized carbons (Fsp3) is 0.556. The summed E-state index contributed by atoms with van der Waals surface area (Å²) >= 11 is 0. The van der Waals surface area contributed by atoms with Crippen LogP contribution in [-0.2, 0) is 0 Å². The van der Waals surface area contributed by atoms with Crippen molar-refractivity contribution in [2.75, 3.05) is 13.2 Å². The first-order valence-electron chi connectivity index (χ1n) is 9.13. The molecule has 0 saturated carbocycles. The summed E-state index contributed by atoms with van der Waals surface area (Å²) in [6, 6.07) is 2.90. The van der Waals surface area contributed by atoms with Crippen LogP contribution in [0.1, 0.15) is 54.9 Å². The van der Waals surface area contributed by atoms with E-state index < -0.39 is 19.1 Å². The van der Waals surface area contributed by atoms with Crippen LogP contribution in [0.3, 0.4) is 0 Å². The topological polar surface area (TPSA) is 93.4 Å². The first-order valence-corrected chi connectivity index (χ1v) is 9.13. The third-order valence-corrected chi connectivity index (χ3v) is 4.75. The van der Waals surface area contributed by atoms with Gasteiger partial charge in [0, 0.05) is 18.8 Å². The van der Waals surface area contributed by atoms with E-state index in [1.807, 2.05) is 6.92 Å². The Morgan fingerprint density at radius 1 is 1.43 bits per heavy atom. The summed E-state index contributed by atoms with van der Waals surface area (Å²) in [6.07, 6.45) is 1.03. The number of pyridine rings is 1. The van der Waals surface area contributed by atoms with E-state index in [0.717, 1.165) is 12.8 Å². The molecule has 0 aliphatic carbocycles. The molecule has 1 amide bonds. The molecule has 0 spiro atoms. The van der Waals surface area contributed by atoms with E-state index in [4.69, 9.17) is 4.74 Å². The zero-order chi connectivity index (χ0) is 20.3. The molecule has 10 heteroatoms. The summed E-state index contributed by atoms with van der Waals surface area (Å²) < 4.78 is 30.0. The predicted octanol–water partition coefficient (Wildman–Crippen LogP) is 2.24. The molecule has 1 aliphatic rings. The summed E-state index contributed by atoms with van der Waals surface area (Å²) in [5.74, 6) is -0.437. The second kappa shape index (κ2) is 8.59. The lowest BCUT2D eigenvalue weighted by Gasteiger charge is -2.37. The van der Waals surface area contributed by atoms with Crippen LogP contribution in [-0.4, -0.2) is 61.5 Å². The summed E-state index contributed by atoms with van der Waals surface area (Å²) in [5.41, 5.74) is 0.611. The molecule has 8 nitrogen and oxygen atoms in total. The highest BCUT2D eigenvalue weighted by molar-refractivity contribution is 5.96. The Labute approximate surface area is 161 Å². The van der Waals surface area contributed by atoms with Crippen LogP contribution in [0.4, 0.5) is 8.78 Å². The van der Waals surface area contributed by atoms with Crippen LogP contribution in [0, 0.1) is 0 Å². The van der Waals surface area contributed by atoms with E-state index in [9.17, 15) is 18.7 Å². The number of carbonyl (C=O) groups excluding carboxylic acids is 1. The minimum atomic E-state index is -2.66. The molecule has 3 atom stereocenters. The first-order chi connectivity index (χ1) is 13.4. The minimum Gasteiger partial charge on any atom is -0.471 e. The van der Waals surface area contributed by atoms with Crippen LogP contribution in [0.15, 0.2) is 24.5 Å². The van der Waals surface area contributed by atoms with Gasteiger partial charge >= 0.3 is 0 Å². The van der Waals surface area contributed by atoms with Gasteiger partial charge in [-0.1, -0.05) is 0 Å². The third kappa shape index (κ3) is 4.44. The van der Waals surface area contributed by atoms with Crippen molar-refractivity contribution < 1.29 is 23.4 Å². The van der Waals surface area contributed by atoms with Gasteiger partial charge in [-0.2, -0.15) is 15.0 Å². The van der Waals surface area contributed by atoms with Gasteiger partial charge in [0.05, 0.1) is 18.3 Å². The zero-order valence-corrected chi connectivity index (χ0v) is 15.7. The number of carbonyl (C=O) groups is 1. The Morgan fingerprint density at radius 2 is 2.21 bits per heavy atom. The average Bonchev–Trinajstić information content (AvgIpc) is 3.17. The number of piperidine rings is 1. The maximum Gasteiger partial charge on any atom is 0.272 e. The number of aliphatic hydroxyl groups excluding tert-OH is 1. The van der Waals surface area contributed by atoms with Gasteiger partial charge in [0.1, 0.15) is 11.3 Å². The molecule has 1 unspecified atom stereocenters. The van der Waals surface area contributed by atoms with Gasteiger partial charge in [-0.25, -0.2) is 13.8 Å². The molecule has 3 heterocycles. The number of nitrogens with zero attached hydrogens (tertiary/aromatic N) is 5. The minimum absolute atomic E-state index is 0.0429. The highest BCUT2D eigenvalue weighted by Crippen LogP contribution is 2.28. The van der Waals surface area contributed by atoms with Crippen molar-refractivity contribution in [3.8, 4) is 5.88 Å². The van der Waals surface area contributed by atoms with Gasteiger partial charge < -0.3 is 14.7 Å². The van der Waals surface area contributed by atoms with Gasteiger partial charge in [-0.05, 0) is 38.8 Å². The molecule has 0 radical (unpaired) electrons. The van der Waals surface area contributed by atoms with Crippen molar-refractivity contribution in [3.63, 3.8) is 0 Å². The van der Waals surface area contributed by atoms with Crippen LogP contribution in [0.5, 0.6) is 5.88 Å². The van der Waals surface area contributed by atoms with Crippen molar-refractivity contribution in [2.45, 2.75) is 51.3 Å². The number of aromatic nitrogens is 4. The van der Waals surface area contributed by atoms with Crippen molar-refractivity contribution >= 4 is 5.91 Å². The molecule has 0 bridgehead atoms. The van der Waals surface area contributed by atoms with E-state index in [1.165, 1.54) is 23.3 Å². The Hall–Kier alpha value is -2.62. The van der Waals surface area contributed by atoms with Crippen LogP contribution in [0.25, 0.3) is 0 Å². The van der Waals surface area contributed by atoms with Gasteiger partial charge in [-0.3, -0.25) is 4.79 Å². The maximum absolute atomic E-state index is 13.1. The number of likely N-dealkylation sites (tertiary alicyclic amines) is 1. The van der Waals surface area contributed by atoms with Crippen molar-refractivity contribution in [1.29, 1.82) is 0 Å². The van der Waals surface area contributed by atoms with Crippen LogP contribution < -0.4 is 4.74 Å². The summed E-state index contributed by atoms with van der Waals surface area (Å²) in [7, 11) is 0. The fourth-order valence-electron chi connectivity index (χ4n) is 3.18. The lowest BCUT2D eigenvalue weighted by molar-refractivity contribution is 0.0526. The molecule has 1 fully saturated rings. The highest BCUT2D eigenvalue weighted by atomic mass is 19.3. The molecule has 3 rings (SSSR count). The Bertz CT molecular complexity index is 814. The zero-order valence-electron chi connectivity index (χ0n) is 15.7. The van der Waals surface area contributed by atoms with Crippen molar-refractivity contribution in [2.24, 2.45) is 0 Å². The van der Waals surface area contributed by atoms with Gasteiger partial charge in [0.25, 0.3) is 12.3 Å². The standard InChI is InChI=1S/C18H23F2N5O3/c1-11-5-6-13(25-22-8-15(23-25)12(2)26)9-24(11)18(27)14-4-3-7-21-17(14)28-10-16(19)20/h3-4,7-8,11-13,16,26H,5-6,9-10H2,1-2H3/t11-,12?,13-/m1/s1. The first kappa shape index (κ1) is 20.1. The monoisotopic (exact) mass is 395 g/mol. The smallest absolute Gasteiger partial charge is 0.272 e. The molecule has 1 N–H and O–H groups in total. The second-order valence-electron chi connectivity index (χ2n) is 6.86. The van der Waals surface area contributed by atoms with E-state index in [0.29, 0.717) is 12.2 Å². The summed E-state index contributed by atoms with van der Waals surface area (Å²) in [5, 5.41) is 18.1. The number of rotatable bonds is 6.